The zero-order valence-electron chi connectivity index (χ0n) is 15.0. The molecule has 1 aromatic carbocycles. The van der Waals surface area contributed by atoms with Gasteiger partial charge >= 0.3 is 0 Å². The lowest BCUT2D eigenvalue weighted by atomic mass is 10.2. The van der Waals surface area contributed by atoms with Crippen molar-refractivity contribution in [1.82, 2.24) is 20.0 Å². The smallest absolute Gasteiger partial charge is 0.263 e. The normalized spacial score (nSPS) is 10.8. The van der Waals surface area contributed by atoms with Crippen molar-refractivity contribution in [2.75, 3.05) is 0 Å². The maximum atomic E-state index is 13.1. The highest BCUT2D eigenvalue weighted by atomic mass is 19.1. The van der Waals surface area contributed by atoms with E-state index >= 15 is 0 Å². The second kappa shape index (κ2) is 7.93. The summed E-state index contributed by atoms with van der Waals surface area (Å²) >= 11 is 0. The van der Waals surface area contributed by atoms with Gasteiger partial charge in [-0.25, -0.2) is 4.39 Å². The molecule has 0 fully saturated rings. The van der Waals surface area contributed by atoms with Crippen LogP contribution in [-0.4, -0.2) is 20.6 Å². The number of carbonyl (C=O) groups excluding carboxylic acids is 1. The standard InChI is InChI=1S/C20H15FN4O4/c21-14-7-5-13(6-8-14)18-23-19(29-24-18)16-4-1-9-25(20(16)27)12-17(26)22-11-15-3-2-10-28-15/h1-10H,11-12H2,(H,22,26). The molecule has 0 radical (unpaired) electrons. The minimum Gasteiger partial charge on any atom is -0.467 e. The summed E-state index contributed by atoms with van der Waals surface area (Å²) in [6.45, 7) is 0.0529. The number of halogens is 1. The lowest BCUT2D eigenvalue weighted by Crippen LogP contribution is -2.32. The van der Waals surface area contributed by atoms with Crippen LogP contribution in [0.5, 0.6) is 0 Å². The van der Waals surface area contributed by atoms with Crippen molar-refractivity contribution in [2.24, 2.45) is 0 Å². The van der Waals surface area contributed by atoms with Gasteiger partial charge in [-0.2, -0.15) is 4.98 Å². The average molecular weight is 394 g/mol. The fraction of sp³-hybridized carbons (Fsp3) is 0.100. The largest absolute Gasteiger partial charge is 0.467 e. The van der Waals surface area contributed by atoms with Gasteiger partial charge in [-0.05, 0) is 48.5 Å². The Morgan fingerprint density at radius 3 is 2.72 bits per heavy atom. The number of nitrogens with zero attached hydrogens (tertiary/aromatic N) is 3. The van der Waals surface area contributed by atoms with Gasteiger partial charge in [0.1, 0.15) is 23.7 Å². The molecule has 1 amide bonds. The number of hydrogen-bond acceptors (Lipinski definition) is 6. The molecule has 0 unspecified atom stereocenters. The molecule has 1 N–H and O–H groups in total. The molecule has 0 aliphatic heterocycles. The van der Waals surface area contributed by atoms with Crippen LogP contribution in [0.15, 0.2) is 74.7 Å². The number of benzene rings is 1. The van der Waals surface area contributed by atoms with E-state index in [4.69, 9.17) is 8.94 Å². The Morgan fingerprint density at radius 2 is 1.97 bits per heavy atom. The third-order valence-corrected chi connectivity index (χ3v) is 4.13. The van der Waals surface area contributed by atoms with Gasteiger partial charge in [-0.15, -0.1) is 0 Å². The van der Waals surface area contributed by atoms with E-state index in [0.29, 0.717) is 11.3 Å². The number of nitrogens with one attached hydrogen (secondary N) is 1. The lowest BCUT2D eigenvalue weighted by Gasteiger charge is -2.07. The quantitative estimate of drug-likeness (QED) is 0.539. The summed E-state index contributed by atoms with van der Waals surface area (Å²) in [4.78, 5) is 29.1. The number of carbonyl (C=O) groups is 1. The molecule has 0 aliphatic carbocycles. The maximum absolute atomic E-state index is 13.1. The first kappa shape index (κ1) is 18.4. The van der Waals surface area contributed by atoms with Gasteiger partial charge in [0.15, 0.2) is 0 Å². The first-order chi connectivity index (χ1) is 14.1. The summed E-state index contributed by atoms with van der Waals surface area (Å²) in [6, 6.07) is 12.2. The first-order valence-electron chi connectivity index (χ1n) is 8.69. The van der Waals surface area contributed by atoms with Gasteiger partial charge in [-0.1, -0.05) is 5.16 Å². The fourth-order valence-corrected chi connectivity index (χ4v) is 2.68. The minimum absolute atomic E-state index is 0.0136. The summed E-state index contributed by atoms with van der Waals surface area (Å²) in [5.74, 6) is 0.121. The molecule has 0 saturated heterocycles. The van der Waals surface area contributed by atoms with Gasteiger partial charge in [-0.3, -0.25) is 9.59 Å². The van der Waals surface area contributed by atoms with E-state index in [0.717, 1.165) is 0 Å². The summed E-state index contributed by atoms with van der Waals surface area (Å²) in [5.41, 5.74) is 0.261. The number of hydrogen-bond donors (Lipinski definition) is 1. The third kappa shape index (κ3) is 4.13. The van der Waals surface area contributed by atoms with E-state index in [2.05, 4.69) is 15.5 Å². The van der Waals surface area contributed by atoms with E-state index in [1.807, 2.05) is 0 Å². The number of amides is 1. The van der Waals surface area contributed by atoms with Crippen LogP contribution in [0, 0.1) is 5.82 Å². The highest BCUT2D eigenvalue weighted by molar-refractivity contribution is 5.75. The Balaban J connectivity index is 1.51. The number of furan rings is 1. The van der Waals surface area contributed by atoms with Crippen LogP contribution in [0.3, 0.4) is 0 Å². The van der Waals surface area contributed by atoms with Crippen LogP contribution < -0.4 is 10.9 Å². The van der Waals surface area contributed by atoms with Gasteiger partial charge < -0.3 is 18.8 Å². The molecule has 9 heteroatoms. The molecule has 146 valence electrons. The van der Waals surface area contributed by atoms with Gasteiger partial charge in [0, 0.05) is 11.8 Å². The first-order valence-corrected chi connectivity index (χ1v) is 8.69. The van der Waals surface area contributed by atoms with Gasteiger partial charge in [0.2, 0.25) is 11.7 Å². The molecule has 0 aliphatic rings. The zero-order valence-corrected chi connectivity index (χ0v) is 15.0. The van der Waals surface area contributed by atoms with Crippen LogP contribution in [-0.2, 0) is 17.9 Å². The van der Waals surface area contributed by atoms with Crippen molar-refractivity contribution in [2.45, 2.75) is 13.1 Å². The van der Waals surface area contributed by atoms with Gasteiger partial charge in [0.05, 0.1) is 12.8 Å². The van der Waals surface area contributed by atoms with E-state index < -0.39 is 5.56 Å². The maximum Gasteiger partial charge on any atom is 0.263 e. The number of rotatable bonds is 6. The van der Waals surface area contributed by atoms with E-state index in [1.165, 1.54) is 47.4 Å². The molecule has 3 aromatic heterocycles. The molecular weight excluding hydrogens is 379 g/mol. The fourth-order valence-electron chi connectivity index (χ4n) is 2.68. The van der Waals surface area contributed by atoms with Crippen LogP contribution in [0.25, 0.3) is 22.8 Å². The summed E-state index contributed by atoms with van der Waals surface area (Å²) in [5, 5.41) is 6.51. The summed E-state index contributed by atoms with van der Waals surface area (Å²) < 4.78 is 24.6. The Kier molecular flexibility index (Phi) is 5.02. The predicted octanol–water partition coefficient (Wildman–Crippen LogP) is 2.61. The molecule has 0 spiro atoms. The van der Waals surface area contributed by atoms with Crippen LogP contribution in [0.1, 0.15) is 5.76 Å². The Morgan fingerprint density at radius 1 is 1.14 bits per heavy atom. The Labute approximate surface area is 163 Å². The number of pyridine rings is 1. The van der Waals surface area contributed by atoms with Crippen LogP contribution >= 0.6 is 0 Å². The molecule has 0 saturated carbocycles. The predicted molar refractivity (Wildman–Crippen MR) is 99.9 cm³/mol. The highest BCUT2D eigenvalue weighted by Crippen LogP contribution is 2.20. The molecule has 29 heavy (non-hydrogen) atoms. The molecule has 8 nitrogen and oxygen atoms in total. The van der Waals surface area contributed by atoms with Crippen LogP contribution in [0.2, 0.25) is 0 Å². The molecule has 0 bridgehead atoms. The minimum atomic E-state index is -0.449. The van der Waals surface area contributed by atoms with Crippen molar-refractivity contribution in [3.8, 4) is 22.8 Å². The van der Waals surface area contributed by atoms with Crippen molar-refractivity contribution >= 4 is 5.91 Å². The lowest BCUT2D eigenvalue weighted by molar-refractivity contribution is -0.121. The second-order valence-corrected chi connectivity index (χ2v) is 6.14. The van der Waals surface area contributed by atoms with Crippen molar-refractivity contribution < 1.29 is 18.1 Å². The molecule has 0 atom stereocenters. The number of aromatic nitrogens is 3. The highest BCUT2D eigenvalue weighted by Gasteiger charge is 2.16. The molecule has 3 heterocycles. The average Bonchev–Trinajstić information content (AvgIpc) is 3.41. The Bertz CT molecular complexity index is 1180. The van der Waals surface area contributed by atoms with Crippen molar-refractivity contribution in [1.29, 1.82) is 0 Å². The molecule has 4 aromatic rings. The van der Waals surface area contributed by atoms with Gasteiger partial charge in [0.25, 0.3) is 11.4 Å². The van der Waals surface area contributed by atoms with E-state index in [9.17, 15) is 14.0 Å². The zero-order chi connectivity index (χ0) is 20.2. The molecule has 4 rings (SSSR count). The second-order valence-electron chi connectivity index (χ2n) is 6.14. The topological polar surface area (TPSA) is 103 Å². The SMILES string of the molecule is O=C(Cn1cccc(-c2nc(-c3ccc(F)cc3)no2)c1=O)NCc1ccco1. The van der Waals surface area contributed by atoms with E-state index in [1.54, 1.807) is 18.2 Å². The third-order valence-electron chi connectivity index (χ3n) is 4.13. The summed E-state index contributed by atoms with van der Waals surface area (Å²) in [7, 11) is 0. The van der Waals surface area contributed by atoms with Crippen molar-refractivity contribution in [3.05, 3.63) is 82.9 Å². The van der Waals surface area contributed by atoms with Crippen molar-refractivity contribution in [3.63, 3.8) is 0 Å². The van der Waals surface area contributed by atoms with Crippen LogP contribution in [0.4, 0.5) is 4.39 Å². The van der Waals surface area contributed by atoms with E-state index in [-0.39, 0.29) is 42.1 Å². The molecular formula is C20H15FN4O4. The Hall–Kier alpha value is -4.01. The monoisotopic (exact) mass is 394 g/mol. The summed E-state index contributed by atoms with van der Waals surface area (Å²) in [6.07, 6.45) is 3.01.